The average Bonchev–Trinajstić information content (AvgIpc) is 3.23. The van der Waals surface area contributed by atoms with Gasteiger partial charge in [-0.2, -0.15) is 0 Å². The summed E-state index contributed by atoms with van der Waals surface area (Å²) in [6.07, 6.45) is 2.84. The maximum absolute atomic E-state index is 5.69. The van der Waals surface area contributed by atoms with E-state index >= 15 is 0 Å². The number of nitrogens with zero attached hydrogens (tertiary/aromatic N) is 2. The Morgan fingerprint density at radius 3 is 2.53 bits per heavy atom. The van der Waals surface area contributed by atoms with Gasteiger partial charge in [0.2, 0.25) is 0 Å². The first-order valence-corrected chi connectivity index (χ1v) is 6.65. The average molecular weight is 231 g/mol. The van der Waals surface area contributed by atoms with E-state index in [2.05, 4.69) is 34.1 Å². The summed E-state index contributed by atoms with van der Waals surface area (Å²) in [5, 5.41) is 0. The van der Waals surface area contributed by atoms with Crippen LogP contribution in [0.3, 0.4) is 0 Å². The van der Waals surface area contributed by atoms with Crippen LogP contribution in [0.5, 0.6) is 0 Å². The maximum Gasteiger partial charge on any atom is 0.0370 e. The lowest BCUT2D eigenvalue weighted by atomic mass is 10.1. The first kappa shape index (κ1) is 11.1. The lowest BCUT2D eigenvalue weighted by molar-refractivity contribution is 0.248. The molecule has 1 saturated carbocycles. The number of anilines is 1. The minimum absolute atomic E-state index is 0.635. The zero-order valence-electron chi connectivity index (χ0n) is 10.3. The molecule has 0 amide bonds. The lowest BCUT2D eigenvalue weighted by Gasteiger charge is -2.36. The molecule has 2 N–H and O–H groups in total. The van der Waals surface area contributed by atoms with Crippen LogP contribution in [0.25, 0.3) is 0 Å². The van der Waals surface area contributed by atoms with E-state index in [-0.39, 0.29) is 0 Å². The van der Waals surface area contributed by atoms with Crippen LogP contribution in [-0.4, -0.2) is 37.1 Å². The summed E-state index contributed by atoms with van der Waals surface area (Å²) in [6.45, 7) is 5.39. The molecular formula is C14H21N3. The fraction of sp³-hybridized carbons (Fsp3) is 0.571. The highest BCUT2D eigenvalue weighted by Crippen LogP contribution is 2.28. The van der Waals surface area contributed by atoms with Crippen molar-refractivity contribution in [2.45, 2.75) is 25.4 Å². The topological polar surface area (TPSA) is 32.5 Å². The Labute approximate surface area is 103 Å². The number of piperazine rings is 1. The molecule has 3 rings (SSSR count). The highest BCUT2D eigenvalue weighted by atomic mass is 15.3. The van der Waals surface area contributed by atoms with Gasteiger partial charge in [0.15, 0.2) is 0 Å². The summed E-state index contributed by atoms with van der Waals surface area (Å²) in [4.78, 5) is 5.13. The van der Waals surface area contributed by atoms with Gasteiger partial charge in [-0.1, -0.05) is 12.1 Å². The van der Waals surface area contributed by atoms with Gasteiger partial charge in [-0.05, 0) is 30.5 Å². The van der Waals surface area contributed by atoms with Crippen LogP contribution in [-0.2, 0) is 6.54 Å². The van der Waals surface area contributed by atoms with Gasteiger partial charge in [-0.3, -0.25) is 4.90 Å². The molecule has 1 aliphatic heterocycles. The molecule has 0 bridgehead atoms. The number of hydrogen-bond acceptors (Lipinski definition) is 3. The quantitative estimate of drug-likeness (QED) is 0.854. The van der Waals surface area contributed by atoms with Crippen molar-refractivity contribution < 1.29 is 0 Å². The summed E-state index contributed by atoms with van der Waals surface area (Å²) >= 11 is 0. The van der Waals surface area contributed by atoms with E-state index in [4.69, 9.17) is 5.73 Å². The third-order valence-corrected chi connectivity index (χ3v) is 3.89. The van der Waals surface area contributed by atoms with Crippen LogP contribution >= 0.6 is 0 Å². The molecule has 1 heterocycles. The maximum atomic E-state index is 5.69. The minimum Gasteiger partial charge on any atom is -0.369 e. The largest absolute Gasteiger partial charge is 0.369 e. The zero-order chi connectivity index (χ0) is 11.7. The molecule has 0 atom stereocenters. The van der Waals surface area contributed by atoms with Gasteiger partial charge in [-0.15, -0.1) is 0 Å². The van der Waals surface area contributed by atoms with E-state index in [0.717, 1.165) is 19.1 Å². The molecule has 0 aromatic heterocycles. The van der Waals surface area contributed by atoms with E-state index in [9.17, 15) is 0 Å². The van der Waals surface area contributed by atoms with Gasteiger partial charge < -0.3 is 10.6 Å². The van der Waals surface area contributed by atoms with Crippen molar-refractivity contribution in [1.29, 1.82) is 0 Å². The van der Waals surface area contributed by atoms with Crippen molar-refractivity contribution in [3.8, 4) is 0 Å². The Kier molecular flexibility index (Phi) is 3.04. The fourth-order valence-electron chi connectivity index (χ4n) is 2.67. The minimum atomic E-state index is 0.635. The predicted molar refractivity (Wildman–Crippen MR) is 71.1 cm³/mol. The molecular weight excluding hydrogens is 210 g/mol. The molecule has 1 saturated heterocycles. The molecule has 0 radical (unpaired) electrons. The smallest absolute Gasteiger partial charge is 0.0370 e. The molecule has 0 unspecified atom stereocenters. The summed E-state index contributed by atoms with van der Waals surface area (Å²) in [6, 6.07) is 9.56. The third kappa shape index (κ3) is 2.45. The summed E-state index contributed by atoms with van der Waals surface area (Å²) < 4.78 is 0. The van der Waals surface area contributed by atoms with E-state index in [1.807, 2.05) is 0 Å². The Bertz CT molecular complexity index is 379. The van der Waals surface area contributed by atoms with Crippen molar-refractivity contribution in [2.75, 3.05) is 31.1 Å². The van der Waals surface area contributed by atoms with Crippen LogP contribution in [0.2, 0.25) is 0 Å². The van der Waals surface area contributed by atoms with Gasteiger partial charge >= 0.3 is 0 Å². The number of benzene rings is 1. The summed E-state index contributed by atoms with van der Waals surface area (Å²) in [5.74, 6) is 0. The highest BCUT2D eigenvalue weighted by Gasteiger charge is 2.31. The standard InChI is InChI=1S/C14H21N3/c15-11-12-2-1-3-14(10-12)17-8-6-16(7-9-17)13-4-5-13/h1-3,10,13H,4-9,11,15H2. The molecule has 17 heavy (non-hydrogen) atoms. The predicted octanol–water partition coefficient (Wildman–Crippen LogP) is 1.43. The summed E-state index contributed by atoms with van der Waals surface area (Å²) in [5.41, 5.74) is 8.26. The fourth-order valence-corrected chi connectivity index (χ4v) is 2.67. The lowest BCUT2D eigenvalue weighted by Crippen LogP contribution is -2.47. The number of hydrogen-bond donors (Lipinski definition) is 1. The molecule has 92 valence electrons. The van der Waals surface area contributed by atoms with Gasteiger partial charge in [0, 0.05) is 44.5 Å². The molecule has 1 aromatic carbocycles. The first-order valence-electron chi connectivity index (χ1n) is 6.65. The first-order chi connectivity index (χ1) is 8.36. The Morgan fingerprint density at radius 1 is 1.12 bits per heavy atom. The van der Waals surface area contributed by atoms with E-state index < -0.39 is 0 Å². The Hall–Kier alpha value is -1.06. The van der Waals surface area contributed by atoms with Crippen molar-refractivity contribution in [2.24, 2.45) is 5.73 Å². The van der Waals surface area contributed by atoms with Gasteiger partial charge in [0.1, 0.15) is 0 Å². The normalized spacial score (nSPS) is 21.8. The van der Waals surface area contributed by atoms with Crippen LogP contribution < -0.4 is 10.6 Å². The van der Waals surface area contributed by atoms with Gasteiger partial charge in [0.05, 0.1) is 0 Å². The second-order valence-electron chi connectivity index (χ2n) is 5.13. The Balaban J connectivity index is 1.64. The molecule has 0 spiro atoms. The zero-order valence-corrected chi connectivity index (χ0v) is 10.3. The monoisotopic (exact) mass is 231 g/mol. The molecule has 3 nitrogen and oxygen atoms in total. The molecule has 1 aromatic rings. The van der Waals surface area contributed by atoms with Crippen LogP contribution in [0, 0.1) is 0 Å². The third-order valence-electron chi connectivity index (χ3n) is 3.89. The van der Waals surface area contributed by atoms with Gasteiger partial charge in [0.25, 0.3) is 0 Å². The highest BCUT2D eigenvalue weighted by molar-refractivity contribution is 5.49. The molecule has 2 aliphatic rings. The molecule has 2 fully saturated rings. The van der Waals surface area contributed by atoms with Crippen molar-refractivity contribution in [1.82, 2.24) is 4.90 Å². The van der Waals surface area contributed by atoms with Crippen LogP contribution in [0.15, 0.2) is 24.3 Å². The number of nitrogens with two attached hydrogens (primary N) is 1. The second-order valence-corrected chi connectivity index (χ2v) is 5.13. The van der Waals surface area contributed by atoms with E-state index in [1.165, 1.54) is 37.2 Å². The van der Waals surface area contributed by atoms with Crippen molar-refractivity contribution in [3.63, 3.8) is 0 Å². The number of rotatable bonds is 3. The van der Waals surface area contributed by atoms with E-state index in [1.54, 1.807) is 0 Å². The second kappa shape index (κ2) is 4.67. The van der Waals surface area contributed by atoms with E-state index in [0.29, 0.717) is 6.54 Å². The van der Waals surface area contributed by atoms with Gasteiger partial charge in [-0.25, -0.2) is 0 Å². The van der Waals surface area contributed by atoms with Crippen LogP contribution in [0.4, 0.5) is 5.69 Å². The Morgan fingerprint density at radius 2 is 1.88 bits per heavy atom. The van der Waals surface area contributed by atoms with Crippen LogP contribution in [0.1, 0.15) is 18.4 Å². The molecule has 3 heteroatoms. The molecule has 1 aliphatic carbocycles. The van der Waals surface area contributed by atoms with Crippen molar-refractivity contribution in [3.05, 3.63) is 29.8 Å². The van der Waals surface area contributed by atoms with Crippen molar-refractivity contribution >= 4 is 5.69 Å². The SMILES string of the molecule is NCc1cccc(N2CCN(C3CC3)CC2)c1. The summed E-state index contributed by atoms with van der Waals surface area (Å²) in [7, 11) is 0.